The fourth-order valence-corrected chi connectivity index (χ4v) is 1.56. The number of hydrogen-bond donors (Lipinski definition) is 6. The van der Waals surface area contributed by atoms with Crippen LogP contribution in [0.4, 0.5) is 0 Å². The van der Waals surface area contributed by atoms with Crippen molar-refractivity contribution in [2.24, 2.45) is 0 Å². The van der Waals surface area contributed by atoms with Crippen molar-refractivity contribution in [1.29, 1.82) is 0 Å². The van der Waals surface area contributed by atoms with Gasteiger partial charge in [-0.2, -0.15) is 0 Å². The Hall–Kier alpha value is -1.38. The van der Waals surface area contributed by atoms with Crippen LogP contribution in [0.3, 0.4) is 0 Å². The number of nitrogens with zero attached hydrogens (tertiary/aromatic N) is 2. The van der Waals surface area contributed by atoms with E-state index in [-0.39, 0.29) is 26.4 Å². The Morgan fingerprint density at radius 1 is 0.643 bits per heavy atom. The van der Waals surface area contributed by atoms with Gasteiger partial charge in [0.05, 0.1) is 66.6 Å². The van der Waals surface area contributed by atoms with E-state index in [4.69, 9.17) is 30.6 Å². The lowest BCUT2D eigenvalue weighted by atomic mass is 10.2. The molecule has 0 aromatic rings. The molecule has 2 unspecified atom stereocenters. The van der Waals surface area contributed by atoms with E-state index < -0.39 is 24.1 Å². The number of carbonyl (C=O) groups is 2. The third-order valence-electron chi connectivity index (χ3n) is 3.60. The summed E-state index contributed by atoms with van der Waals surface area (Å²) in [7, 11) is 7.91. The average molecular weight is 416 g/mol. The van der Waals surface area contributed by atoms with Gasteiger partial charge in [-0.15, -0.1) is 0 Å². The Balaban J connectivity index is -0.000000336. The summed E-state index contributed by atoms with van der Waals surface area (Å²) >= 11 is 0. The van der Waals surface area contributed by atoms with Crippen LogP contribution in [-0.4, -0.2) is 145 Å². The molecular weight excluding hydrogens is 380 g/mol. The molecule has 0 amide bonds. The number of carboxylic acid groups (broad SMARTS) is 2. The van der Waals surface area contributed by atoms with Crippen LogP contribution in [0.1, 0.15) is 0 Å². The molecule has 170 valence electrons. The number of quaternary nitrogens is 2. The average Bonchev–Trinajstić information content (AvgIpc) is 2.54. The van der Waals surface area contributed by atoms with Crippen LogP contribution in [0.25, 0.3) is 0 Å². The molecule has 0 aromatic carbocycles. The Bertz CT molecular complexity index is 364. The lowest BCUT2D eigenvalue weighted by molar-refractivity contribution is -0.890. The summed E-state index contributed by atoms with van der Waals surface area (Å²) in [4.78, 5) is 19.3. The zero-order valence-corrected chi connectivity index (χ0v) is 17.0. The number of carbonyl (C=O) groups excluding carboxylic acids is 2. The van der Waals surface area contributed by atoms with Crippen molar-refractivity contribution in [3.8, 4) is 0 Å². The lowest BCUT2D eigenvalue weighted by Gasteiger charge is -2.27. The van der Waals surface area contributed by atoms with E-state index in [1.807, 2.05) is 28.2 Å². The fraction of sp³-hybridized carbons (Fsp3) is 0.875. The zero-order valence-electron chi connectivity index (χ0n) is 17.0. The maximum atomic E-state index is 9.63. The number of hydrogen-bond acceptors (Lipinski definition) is 10. The molecule has 0 aliphatic carbocycles. The second kappa shape index (κ2) is 16.6. The highest BCUT2D eigenvalue weighted by Gasteiger charge is 2.17. The highest BCUT2D eigenvalue weighted by Crippen LogP contribution is 1.93. The lowest BCUT2D eigenvalue weighted by Crippen LogP contribution is -2.51. The summed E-state index contributed by atoms with van der Waals surface area (Å²) < 4.78 is 1.38. The van der Waals surface area contributed by atoms with Gasteiger partial charge >= 0.3 is 0 Å². The standard InChI is InChI=1S/2C6H16NO2.C4H6O6/c2*1-7(2,3-5-8)4-6-9;5-1(3(7)8)2(6)4(9)10/h2*8-9H,3-6H2,1-2H3;1-2,5-6H,(H,7,8)(H,9,10)/q2*+1;/p-2. The van der Waals surface area contributed by atoms with E-state index >= 15 is 0 Å². The molecule has 0 heterocycles. The summed E-state index contributed by atoms with van der Waals surface area (Å²) in [6.45, 7) is 3.59. The number of rotatable bonds is 11. The van der Waals surface area contributed by atoms with Gasteiger partial charge in [0.1, 0.15) is 38.4 Å². The van der Waals surface area contributed by atoms with E-state index in [0.717, 1.165) is 0 Å². The molecule has 0 aliphatic heterocycles. The van der Waals surface area contributed by atoms with E-state index in [0.29, 0.717) is 35.1 Å². The molecule has 0 fully saturated rings. The monoisotopic (exact) mass is 416 g/mol. The van der Waals surface area contributed by atoms with Crippen molar-refractivity contribution in [3.63, 3.8) is 0 Å². The first-order valence-electron chi connectivity index (χ1n) is 8.56. The van der Waals surface area contributed by atoms with Crippen LogP contribution in [0, 0.1) is 0 Å². The van der Waals surface area contributed by atoms with Crippen molar-refractivity contribution in [2.75, 3.05) is 80.8 Å². The third-order valence-corrected chi connectivity index (χ3v) is 3.60. The number of aliphatic hydroxyl groups is 6. The second-order valence-corrected chi connectivity index (χ2v) is 7.19. The minimum Gasteiger partial charge on any atom is -0.547 e. The summed E-state index contributed by atoms with van der Waals surface area (Å²) in [5.41, 5.74) is 0. The van der Waals surface area contributed by atoms with E-state index in [1.165, 1.54) is 0 Å². The maximum absolute atomic E-state index is 9.63. The van der Waals surface area contributed by atoms with E-state index in [2.05, 4.69) is 0 Å². The first-order valence-corrected chi connectivity index (χ1v) is 8.56. The molecule has 12 heteroatoms. The molecule has 6 N–H and O–H groups in total. The SMILES string of the molecule is C[N+](C)(CCO)CCO.C[N+](C)(CCO)CCO.O=C([O-])C(O)C(O)C(=O)[O-]. The van der Waals surface area contributed by atoms with Crippen LogP contribution in [-0.2, 0) is 9.59 Å². The van der Waals surface area contributed by atoms with E-state index in [1.54, 1.807) is 0 Å². The molecule has 0 radical (unpaired) electrons. The van der Waals surface area contributed by atoms with Crippen molar-refractivity contribution in [3.05, 3.63) is 0 Å². The van der Waals surface area contributed by atoms with Crippen LogP contribution in [0.15, 0.2) is 0 Å². The molecule has 0 spiro atoms. The number of carboxylic acids is 2. The normalized spacial score (nSPS) is 13.4. The summed E-state index contributed by atoms with van der Waals surface area (Å²) in [5, 5.41) is 69.9. The van der Waals surface area contributed by atoms with Crippen LogP contribution >= 0.6 is 0 Å². The smallest absolute Gasteiger partial charge is 0.124 e. The first-order chi connectivity index (χ1) is 12.7. The topological polar surface area (TPSA) is 202 Å². The minimum atomic E-state index is -2.44. The first kappa shape index (κ1) is 31.3. The van der Waals surface area contributed by atoms with Crippen molar-refractivity contribution >= 4 is 11.9 Å². The van der Waals surface area contributed by atoms with Gasteiger partial charge in [0, 0.05) is 0 Å². The molecule has 0 aliphatic rings. The highest BCUT2D eigenvalue weighted by molar-refractivity contribution is 5.80. The van der Waals surface area contributed by atoms with Crippen molar-refractivity contribution in [2.45, 2.75) is 12.2 Å². The van der Waals surface area contributed by atoms with Crippen LogP contribution in [0.5, 0.6) is 0 Å². The van der Waals surface area contributed by atoms with Gasteiger partial charge < -0.3 is 59.4 Å². The minimum absolute atomic E-state index is 0.188. The van der Waals surface area contributed by atoms with Crippen molar-refractivity contribution < 1.29 is 59.4 Å². The van der Waals surface area contributed by atoms with Gasteiger partial charge in [0.15, 0.2) is 0 Å². The van der Waals surface area contributed by atoms with Gasteiger partial charge in [-0.25, -0.2) is 0 Å². The molecule has 0 bridgehead atoms. The molecule has 2 atom stereocenters. The quantitative estimate of drug-likeness (QED) is 0.176. The molecular formula is C16H36N2O10. The van der Waals surface area contributed by atoms with Gasteiger partial charge in [0.25, 0.3) is 0 Å². The Morgan fingerprint density at radius 2 is 0.821 bits per heavy atom. The molecule has 0 saturated carbocycles. The molecule has 12 nitrogen and oxygen atoms in total. The number of aliphatic carboxylic acids is 2. The predicted octanol–water partition coefficient (Wildman–Crippen LogP) is -6.70. The molecule has 0 saturated heterocycles. The van der Waals surface area contributed by atoms with Crippen molar-refractivity contribution in [1.82, 2.24) is 0 Å². The Morgan fingerprint density at radius 3 is 0.929 bits per heavy atom. The Labute approximate surface area is 165 Å². The van der Waals surface area contributed by atoms with Gasteiger partial charge in [-0.3, -0.25) is 0 Å². The third kappa shape index (κ3) is 19.4. The van der Waals surface area contributed by atoms with Crippen LogP contribution < -0.4 is 10.2 Å². The maximum Gasteiger partial charge on any atom is 0.124 e. The molecule has 28 heavy (non-hydrogen) atoms. The number of likely N-dealkylation sites (N-methyl/N-ethyl adjacent to an activating group) is 2. The largest absolute Gasteiger partial charge is 0.547 e. The summed E-state index contributed by atoms with van der Waals surface area (Å²) in [5.74, 6) is -4.12. The summed E-state index contributed by atoms with van der Waals surface area (Å²) in [6.07, 6.45) is -4.88. The molecule has 0 aromatic heterocycles. The van der Waals surface area contributed by atoms with Crippen LogP contribution in [0.2, 0.25) is 0 Å². The summed E-state index contributed by atoms with van der Waals surface area (Å²) in [6, 6.07) is 0. The second-order valence-electron chi connectivity index (χ2n) is 7.19. The highest BCUT2D eigenvalue weighted by atomic mass is 16.4. The zero-order chi connectivity index (χ0) is 23.0. The van der Waals surface area contributed by atoms with E-state index in [9.17, 15) is 19.8 Å². The van der Waals surface area contributed by atoms with Gasteiger partial charge in [-0.05, 0) is 0 Å². The van der Waals surface area contributed by atoms with Gasteiger partial charge in [-0.1, -0.05) is 0 Å². The van der Waals surface area contributed by atoms with Gasteiger partial charge in [0.2, 0.25) is 0 Å². The predicted molar refractivity (Wildman–Crippen MR) is 94.1 cm³/mol. The molecule has 0 rings (SSSR count). The Kier molecular flexibility index (Phi) is 18.5. The number of aliphatic hydroxyl groups excluding tert-OH is 6. The fourth-order valence-electron chi connectivity index (χ4n) is 1.56.